The quantitative estimate of drug-likeness (QED) is 0.164. The molecule has 5 nitrogen and oxygen atoms in total. The maximum Gasteiger partial charge on any atom is 0.252 e. The topological polar surface area (TPSA) is 36.0 Å². The van der Waals surface area contributed by atoms with Crippen molar-refractivity contribution in [3.63, 3.8) is 0 Å². The molecule has 3 aliphatic heterocycles. The first-order valence-electron chi connectivity index (χ1n) is 30.9. The van der Waals surface area contributed by atoms with E-state index in [-0.39, 0.29) is 39.3 Å². The van der Waals surface area contributed by atoms with Gasteiger partial charge in [-0.1, -0.05) is 206 Å². The maximum absolute atomic E-state index is 7.15. The van der Waals surface area contributed by atoms with E-state index < -0.39 is 0 Å². The van der Waals surface area contributed by atoms with Crippen LogP contribution in [0.1, 0.15) is 150 Å². The summed E-state index contributed by atoms with van der Waals surface area (Å²) in [4.78, 5) is 8.11. The van der Waals surface area contributed by atoms with Crippen molar-refractivity contribution in [1.82, 2.24) is 0 Å². The third-order valence-corrected chi connectivity index (χ3v) is 20.4. The lowest BCUT2D eigenvalue weighted by atomic mass is 9.33. The zero-order chi connectivity index (χ0) is 58.4. The molecular weight excluding hydrogens is 1020 g/mol. The van der Waals surface area contributed by atoms with E-state index in [2.05, 4.69) is 281 Å². The van der Waals surface area contributed by atoms with Gasteiger partial charge in [0.25, 0.3) is 6.71 Å². The van der Waals surface area contributed by atoms with Gasteiger partial charge in [-0.05, 0) is 158 Å². The third-order valence-electron chi connectivity index (χ3n) is 20.4. The highest BCUT2D eigenvalue weighted by Gasteiger charge is 2.58. The van der Waals surface area contributed by atoms with E-state index in [0.29, 0.717) is 0 Å². The highest BCUT2D eigenvalue weighted by atomic mass is 16.3. The van der Waals surface area contributed by atoms with E-state index in [0.717, 1.165) is 79.5 Å². The predicted molar refractivity (Wildman–Crippen MR) is 358 cm³/mol. The molecule has 1 saturated carbocycles. The van der Waals surface area contributed by atoms with Gasteiger partial charge in [0.05, 0.1) is 28.0 Å². The Hall–Kier alpha value is -7.96. The Morgan fingerprint density at radius 2 is 1.01 bits per heavy atom. The lowest BCUT2D eigenvalue weighted by Gasteiger charge is -2.51. The molecular formula is C78H78BN3O2. The summed E-state index contributed by atoms with van der Waals surface area (Å²) in [5.74, 6) is 0. The molecule has 0 spiro atoms. The Bertz CT molecular complexity index is 4550. The van der Waals surface area contributed by atoms with Crippen LogP contribution in [0, 0.1) is 0 Å². The summed E-state index contributed by atoms with van der Waals surface area (Å²) in [7, 11) is 0. The van der Waals surface area contributed by atoms with E-state index in [9.17, 15) is 0 Å². The van der Waals surface area contributed by atoms with Crippen LogP contribution < -0.4 is 31.1 Å². The van der Waals surface area contributed by atoms with Gasteiger partial charge in [0.1, 0.15) is 16.7 Å². The highest BCUT2D eigenvalue weighted by molar-refractivity contribution is 7.00. The molecule has 420 valence electrons. The molecule has 0 radical (unpaired) electrons. The van der Waals surface area contributed by atoms with Crippen molar-refractivity contribution in [1.29, 1.82) is 0 Å². The Morgan fingerprint density at radius 1 is 0.429 bits per heavy atom. The summed E-state index contributed by atoms with van der Waals surface area (Å²) in [6.07, 6.45) is 4.59. The molecule has 15 rings (SSSR count). The van der Waals surface area contributed by atoms with E-state index in [1.54, 1.807) is 0 Å². The molecule has 1 fully saturated rings. The summed E-state index contributed by atoms with van der Waals surface area (Å²) in [6, 6.07) is 65.4. The van der Waals surface area contributed by atoms with Crippen LogP contribution in [0.25, 0.3) is 55.0 Å². The van der Waals surface area contributed by atoms with E-state index >= 15 is 0 Å². The molecule has 0 saturated heterocycles. The first kappa shape index (κ1) is 52.8. The maximum atomic E-state index is 7.15. The summed E-state index contributed by atoms with van der Waals surface area (Å²) < 4.78 is 14.3. The number of hydrogen-bond acceptors (Lipinski definition) is 5. The first-order chi connectivity index (χ1) is 39.9. The molecule has 2 unspecified atom stereocenters. The van der Waals surface area contributed by atoms with Crippen molar-refractivity contribution in [2.24, 2.45) is 0 Å². The largest absolute Gasteiger partial charge is 0.456 e. The van der Waals surface area contributed by atoms with Crippen molar-refractivity contribution in [2.45, 2.75) is 155 Å². The minimum atomic E-state index is -0.236. The van der Waals surface area contributed by atoms with Crippen LogP contribution in [-0.2, 0) is 27.1 Å². The van der Waals surface area contributed by atoms with Crippen molar-refractivity contribution >= 4 is 112 Å². The van der Waals surface area contributed by atoms with Gasteiger partial charge in [0.15, 0.2) is 5.58 Å². The fourth-order valence-corrected chi connectivity index (χ4v) is 15.5. The standard InChI is InChI=1S/C78H78BN3O2/c1-73(2,3)48-29-34-60(55(41-48)47-23-16-15-17-24-47)81-65-46-52(82-61-35-30-50(75(7,8)9)43-57(61)77(13)39-20-21-40-78(77,82)14)45-64-70(65)79(58-33-38-68-69(71(58)81)56-42-49(74(4,5)6)32-37-67(56)83-68)59-44-51(76(10,11)12)31-36-62(59)80(64)63-27-22-26-54-53-25-18-19-28-66(53)84-72(54)63/h15-19,22-38,41-46H,20-21,39-40H2,1-14H3. The van der Waals surface area contributed by atoms with E-state index in [1.165, 1.54) is 90.9 Å². The van der Waals surface area contributed by atoms with Crippen LogP contribution in [-0.4, -0.2) is 12.3 Å². The molecule has 0 bridgehead atoms. The normalized spacial score (nSPS) is 18.6. The van der Waals surface area contributed by atoms with Crippen molar-refractivity contribution in [3.05, 3.63) is 198 Å². The zero-order valence-corrected chi connectivity index (χ0v) is 51.7. The highest BCUT2D eigenvalue weighted by Crippen LogP contribution is 2.63. The fraction of sp³-hybridized carbons (Fsp3) is 0.308. The Kier molecular flexibility index (Phi) is 11.2. The van der Waals surface area contributed by atoms with Crippen molar-refractivity contribution in [3.8, 4) is 11.1 Å². The Labute approximate surface area is 497 Å². The van der Waals surface area contributed by atoms with Crippen LogP contribution in [0.5, 0.6) is 0 Å². The number of fused-ring (bicyclic) bond motifs is 14. The second-order valence-electron chi connectivity index (χ2n) is 29.7. The molecule has 11 aromatic rings. The summed E-state index contributed by atoms with van der Waals surface area (Å²) >= 11 is 0. The van der Waals surface area contributed by atoms with Crippen LogP contribution in [0.3, 0.4) is 0 Å². The molecule has 1 aliphatic carbocycles. The van der Waals surface area contributed by atoms with E-state index in [4.69, 9.17) is 8.83 Å². The van der Waals surface area contributed by atoms with Crippen LogP contribution in [0.15, 0.2) is 179 Å². The molecule has 0 N–H and O–H groups in total. The Morgan fingerprint density at radius 3 is 1.74 bits per heavy atom. The minimum Gasteiger partial charge on any atom is -0.456 e. The monoisotopic (exact) mass is 1100 g/mol. The SMILES string of the molecule is CC(C)(C)c1ccc2c(c1)B1c3ccc4oc5ccc(C(C)(C)C)cc5c4c3N(c3ccc(C(C)(C)C)cc3-c3ccccc3)c3cc(N4c5ccc(C(C)(C)C)cc5C5(C)CCCCC45C)cc(c31)N2c1cccc2c1oc1ccccc12. The lowest BCUT2D eigenvalue weighted by molar-refractivity contribution is 0.195. The second-order valence-corrected chi connectivity index (χ2v) is 29.7. The Balaban J connectivity index is 1.14. The van der Waals surface area contributed by atoms with Gasteiger partial charge in [-0.2, -0.15) is 0 Å². The van der Waals surface area contributed by atoms with Gasteiger partial charge in [0, 0.05) is 55.6 Å². The second kappa shape index (κ2) is 17.8. The molecule has 4 aliphatic rings. The van der Waals surface area contributed by atoms with Crippen LogP contribution in [0.4, 0.5) is 45.5 Å². The van der Waals surface area contributed by atoms with Crippen LogP contribution in [0.2, 0.25) is 0 Å². The van der Waals surface area contributed by atoms with Crippen molar-refractivity contribution < 1.29 is 8.83 Å². The third kappa shape index (κ3) is 7.60. The summed E-state index contributed by atoms with van der Waals surface area (Å²) in [6.45, 7) is 33.1. The molecule has 9 aromatic carbocycles. The molecule has 5 heterocycles. The minimum absolute atomic E-state index is 0.00354. The van der Waals surface area contributed by atoms with Crippen LogP contribution >= 0.6 is 0 Å². The van der Waals surface area contributed by atoms with Gasteiger partial charge in [0.2, 0.25) is 0 Å². The number of nitrogens with zero attached hydrogens (tertiary/aromatic N) is 3. The number of furan rings is 2. The average molecular weight is 1100 g/mol. The summed E-state index contributed by atoms with van der Waals surface area (Å²) in [5, 5.41) is 4.51. The molecule has 2 aromatic heterocycles. The average Bonchev–Trinajstić information content (AvgIpc) is 1.20. The fourth-order valence-electron chi connectivity index (χ4n) is 15.5. The van der Waals surface area contributed by atoms with Crippen molar-refractivity contribution in [2.75, 3.05) is 14.7 Å². The number of rotatable bonds is 4. The first-order valence-corrected chi connectivity index (χ1v) is 30.9. The molecule has 2 atom stereocenters. The number of hydrogen-bond donors (Lipinski definition) is 0. The predicted octanol–water partition coefficient (Wildman–Crippen LogP) is 20.2. The molecule has 6 heteroatoms. The summed E-state index contributed by atoms with van der Waals surface area (Å²) in [5.41, 5.74) is 25.1. The lowest BCUT2D eigenvalue weighted by Crippen LogP contribution is -2.61. The van der Waals surface area contributed by atoms with Gasteiger partial charge in [-0.25, -0.2) is 0 Å². The molecule has 84 heavy (non-hydrogen) atoms. The molecule has 0 amide bonds. The van der Waals surface area contributed by atoms with Gasteiger partial charge in [-0.3, -0.25) is 0 Å². The number of anilines is 8. The smallest absolute Gasteiger partial charge is 0.252 e. The van der Waals surface area contributed by atoms with Gasteiger partial charge in [-0.15, -0.1) is 0 Å². The zero-order valence-electron chi connectivity index (χ0n) is 51.7. The van der Waals surface area contributed by atoms with Gasteiger partial charge >= 0.3 is 0 Å². The van der Waals surface area contributed by atoms with Gasteiger partial charge < -0.3 is 23.5 Å². The number of benzene rings is 9. The van der Waals surface area contributed by atoms with E-state index in [1.807, 2.05) is 0 Å². The number of para-hydroxylation sites is 2.